The van der Waals surface area contributed by atoms with Gasteiger partial charge in [0.05, 0.1) is 23.8 Å². The number of nitrogens with zero attached hydrogens (tertiary/aromatic N) is 2. The van der Waals surface area contributed by atoms with Gasteiger partial charge >= 0.3 is 0 Å². The summed E-state index contributed by atoms with van der Waals surface area (Å²) in [5, 5.41) is 11.8. The van der Waals surface area contributed by atoms with Crippen molar-refractivity contribution in [2.45, 2.75) is 26.3 Å². The van der Waals surface area contributed by atoms with Crippen LogP contribution in [0.4, 0.5) is 0 Å². The van der Waals surface area contributed by atoms with E-state index in [1.807, 2.05) is 31.1 Å². The molecule has 104 valence electrons. The number of rotatable bonds is 6. The molecule has 1 atom stereocenters. The van der Waals surface area contributed by atoms with Crippen molar-refractivity contribution in [3.8, 4) is 6.07 Å². The van der Waals surface area contributed by atoms with Gasteiger partial charge in [0.1, 0.15) is 5.76 Å². The van der Waals surface area contributed by atoms with Crippen LogP contribution in [0.25, 0.3) is 0 Å². The Morgan fingerprint density at radius 2 is 2.26 bits per heavy atom. The highest BCUT2D eigenvalue weighted by atomic mass is 16.3. The average Bonchev–Trinajstić information content (AvgIpc) is 2.82. The number of nitriles is 1. The Bertz CT molecular complexity index is 444. The van der Waals surface area contributed by atoms with Crippen LogP contribution in [0.1, 0.15) is 32.1 Å². The van der Waals surface area contributed by atoms with Gasteiger partial charge in [-0.1, -0.05) is 0 Å². The first kappa shape index (κ1) is 15.3. The zero-order chi connectivity index (χ0) is 14.5. The predicted molar refractivity (Wildman–Crippen MR) is 72.2 cm³/mol. The summed E-state index contributed by atoms with van der Waals surface area (Å²) < 4.78 is 5.37. The Morgan fingerprint density at radius 3 is 2.74 bits per heavy atom. The monoisotopic (exact) mass is 263 g/mol. The van der Waals surface area contributed by atoms with Crippen molar-refractivity contribution in [1.82, 2.24) is 10.2 Å². The fourth-order valence-corrected chi connectivity index (χ4v) is 1.73. The molecule has 0 saturated heterocycles. The molecule has 0 spiro atoms. The van der Waals surface area contributed by atoms with Gasteiger partial charge in [0.25, 0.3) is 0 Å². The van der Waals surface area contributed by atoms with E-state index in [9.17, 15) is 4.79 Å². The quantitative estimate of drug-likeness (QED) is 0.851. The van der Waals surface area contributed by atoms with E-state index in [-0.39, 0.29) is 18.4 Å². The highest BCUT2D eigenvalue weighted by Crippen LogP contribution is 2.20. The first-order valence-corrected chi connectivity index (χ1v) is 6.23. The van der Waals surface area contributed by atoms with Crippen LogP contribution in [0, 0.1) is 16.7 Å². The van der Waals surface area contributed by atoms with E-state index in [1.54, 1.807) is 20.1 Å². The standard InChI is InChI=1S/C14H21N3O2/c1-14(2,10-15)8-13(18)16-9-11(17(3)4)12-6-5-7-19-12/h5-7,11H,8-9H2,1-4H3,(H,16,18)/t11-/m1/s1. The third-order valence-electron chi connectivity index (χ3n) is 2.89. The molecule has 5 heteroatoms. The van der Waals surface area contributed by atoms with Gasteiger partial charge in [-0.3, -0.25) is 9.69 Å². The first-order chi connectivity index (χ1) is 8.85. The van der Waals surface area contributed by atoms with E-state index in [0.29, 0.717) is 6.54 Å². The molecule has 0 aromatic carbocycles. The molecule has 1 N–H and O–H groups in total. The summed E-state index contributed by atoms with van der Waals surface area (Å²) in [5.74, 6) is 0.690. The summed E-state index contributed by atoms with van der Waals surface area (Å²) in [6.45, 7) is 3.96. The second kappa shape index (κ2) is 6.39. The zero-order valence-corrected chi connectivity index (χ0v) is 11.9. The van der Waals surface area contributed by atoms with Crippen molar-refractivity contribution in [2.24, 2.45) is 5.41 Å². The van der Waals surface area contributed by atoms with Gasteiger partial charge in [0.2, 0.25) is 5.91 Å². The van der Waals surface area contributed by atoms with E-state index in [1.165, 1.54) is 0 Å². The van der Waals surface area contributed by atoms with Gasteiger partial charge < -0.3 is 9.73 Å². The minimum atomic E-state index is -0.637. The molecule has 1 aromatic heterocycles. The molecule has 1 amide bonds. The van der Waals surface area contributed by atoms with E-state index in [4.69, 9.17) is 9.68 Å². The normalized spacial score (nSPS) is 13.1. The zero-order valence-electron chi connectivity index (χ0n) is 11.9. The van der Waals surface area contributed by atoms with Crippen LogP contribution in [-0.4, -0.2) is 31.4 Å². The van der Waals surface area contributed by atoms with Crippen LogP contribution in [0.5, 0.6) is 0 Å². The maximum atomic E-state index is 11.8. The number of nitrogens with one attached hydrogen (secondary N) is 1. The molecule has 0 saturated carbocycles. The summed E-state index contributed by atoms with van der Waals surface area (Å²) in [5.41, 5.74) is -0.637. The molecule has 1 rings (SSSR count). The van der Waals surface area contributed by atoms with E-state index < -0.39 is 5.41 Å². The number of furan rings is 1. The van der Waals surface area contributed by atoms with Crippen molar-refractivity contribution in [3.63, 3.8) is 0 Å². The molecular weight excluding hydrogens is 242 g/mol. The number of carbonyl (C=O) groups excluding carboxylic acids is 1. The van der Waals surface area contributed by atoms with Gasteiger partial charge in [0.15, 0.2) is 0 Å². The number of likely N-dealkylation sites (N-methyl/N-ethyl adjacent to an activating group) is 1. The fourth-order valence-electron chi connectivity index (χ4n) is 1.73. The van der Waals surface area contributed by atoms with E-state index in [2.05, 4.69) is 11.4 Å². The topological polar surface area (TPSA) is 69.3 Å². The molecule has 1 aromatic rings. The highest BCUT2D eigenvalue weighted by molar-refractivity contribution is 5.77. The summed E-state index contributed by atoms with van der Waals surface area (Å²) >= 11 is 0. The van der Waals surface area contributed by atoms with Crippen LogP contribution in [0.2, 0.25) is 0 Å². The highest BCUT2D eigenvalue weighted by Gasteiger charge is 2.23. The molecule has 0 fully saturated rings. The second-order valence-electron chi connectivity index (χ2n) is 5.47. The summed E-state index contributed by atoms with van der Waals surface area (Å²) in [6.07, 6.45) is 1.81. The third kappa shape index (κ3) is 4.76. The molecule has 0 aliphatic carbocycles. The van der Waals surface area contributed by atoms with E-state index >= 15 is 0 Å². The molecule has 1 heterocycles. The SMILES string of the molecule is CN(C)[C@H](CNC(=O)CC(C)(C)C#N)c1ccco1. The van der Waals surface area contributed by atoms with Gasteiger partial charge in [-0.15, -0.1) is 0 Å². The van der Waals surface area contributed by atoms with Crippen LogP contribution in [0.15, 0.2) is 22.8 Å². The summed E-state index contributed by atoms with van der Waals surface area (Å²) in [4.78, 5) is 13.8. The second-order valence-corrected chi connectivity index (χ2v) is 5.47. The van der Waals surface area contributed by atoms with Crippen molar-refractivity contribution in [1.29, 1.82) is 5.26 Å². The van der Waals surface area contributed by atoms with Gasteiger partial charge in [-0.25, -0.2) is 0 Å². The Labute approximate surface area is 114 Å². The maximum Gasteiger partial charge on any atom is 0.221 e. The van der Waals surface area contributed by atoms with Gasteiger partial charge in [-0.2, -0.15) is 5.26 Å². The van der Waals surface area contributed by atoms with Crippen LogP contribution in [-0.2, 0) is 4.79 Å². The van der Waals surface area contributed by atoms with Crippen LogP contribution >= 0.6 is 0 Å². The molecule has 5 nitrogen and oxygen atoms in total. The Hall–Kier alpha value is -1.80. The fraction of sp³-hybridized carbons (Fsp3) is 0.571. The van der Waals surface area contributed by atoms with Gasteiger partial charge in [0, 0.05) is 13.0 Å². The molecule has 0 radical (unpaired) electrons. The molecule has 0 aliphatic rings. The lowest BCUT2D eigenvalue weighted by atomic mass is 9.91. The lowest BCUT2D eigenvalue weighted by molar-refractivity contribution is -0.122. The van der Waals surface area contributed by atoms with Crippen LogP contribution < -0.4 is 5.32 Å². The average molecular weight is 263 g/mol. The number of hydrogen-bond donors (Lipinski definition) is 1. The molecule has 0 unspecified atom stereocenters. The first-order valence-electron chi connectivity index (χ1n) is 6.23. The molecule has 19 heavy (non-hydrogen) atoms. The van der Waals surface area contributed by atoms with Crippen molar-refractivity contribution in [3.05, 3.63) is 24.2 Å². The minimum absolute atomic E-state index is 0.0100. The summed E-state index contributed by atoms with van der Waals surface area (Å²) in [7, 11) is 3.86. The Kier molecular flexibility index (Phi) is 5.13. The molecular formula is C14H21N3O2. The maximum absolute atomic E-state index is 11.8. The minimum Gasteiger partial charge on any atom is -0.468 e. The van der Waals surface area contributed by atoms with Crippen molar-refractivity contribution < 1.29 is 9.21 Å². The number of carbonyl (C=O) groups is 1. The lowest BCUT2D eigenvalue weighted by Crippen LogP contribution is -2.36. The van der Waals surface area contributed by atoms with Crippen LogP contribution in [0.3, 0.4) is 0 Å². The summed E-state index contributed by atoms with van der Waals surface area (Å²) in [6, 6.07) is 5.82. The van der Waals surface area contributed by atoms with Gasteiger partial charge in [-0.05, 0) is 40.1 Å². The van der Waals surface area contributed by atoms with Crippen molar-refractivity contribution >= 4 is 5.91 Å². The lowest BCUT2D eigenvalue weighted by Gasteiger charge is -2.23. The largest absolute Gasteiger partial charge is 0.468 e. The molecule has 0 aliphatic heterocycles. The van der Waals surface area contributed by atoms with Crippen molar-refractivity contribution in [2.75, 3.05) is 20.6 Å². The third-order valence-corrected chi connectivity index (χ3v) is 2.89. The smallest absolute Gasteiger partial charge is 0.221 e. The molecule has 0 bridgehead atoms. The Balaban J connectivity index is 2.55. The predicted octanol–water partition coefficient (Wildman–Crippen LogP) is 1.94. The number of amides is 1. The number of hydrogen-bond acceptors (Lipinski definition) is 4. The van der Waals surface area contributed by atoms with E-state index in [0.717, 1.165) is 5.76 Å². The Morgan fingerprint density at radius 1 is 1.58 bits per heavy atom.